The molecule has 1 saturated heterocycles. The maximum absolute atomic E-state index is 6.00. The zero-order valence-electron chi connectivity index (χ0n) is 9.95. The van der Waals surface area contributed by atoms with Crippen molar-refractivity contribution in [3.8, 4) is 0 Å². The minimum Gasteiger partial charge on any atom is -0.475 e. The van der Waals surface area contributed by atoms with E-state index in [4.69, 9.17) is 4.74 Å². The van der Waals surface area contributed by atoms with Crippen molar-refractivity contribution in [2.45, 2.75) is 44.6 Å². The molecule has 0 amide bonds. The van der Waals surface area contributed by atoms with Crippen LogP contribution in [0.25, 0.3) is 0 Å². The Labute approximate surface area is 97.7 Å². The van der Waals surface area contributed by atoms with Gasteiger partial charge in [-0.15, -0.1) is 0 Å². The molecule has 1 aliphatic carbocycles. The van der Waals surface area contributed by atoms with Crippen LogP contribution in [-0.4, -0.2) is 31.6 Å². The molecule has 0 aromatic heterocycles. The summed E-state index contributed by atoms with van der Waals surface area (Å²) in [5.74, 6) is 2.68. The van der Waals surface area contributed by atoms with Crippen molar-refractivity contribution in [1.29, 1.82) is 0 Å². The van der Waals surface area contributed by atoms with Gasteiger partial charge in [-0.1, -0.05) is 6.42 Å². The minimum absolute atomic E-state index is 0.436. The lowest BCUT2D eigenvalue weighted by molar-refractivity contribution is 0.0940. The van der Waals surface area contributed by atoms with Gasteiger partial charge in [-0.05, 0) is 50.6 Å². The van der Waals surface area contributed by atoms with Crippen molar-refractivity contribution >= 4 is 5.90 Å². The van der Waals surface area contributed by atoms with Gasteiger partial charge in [0.25, 0.3) is 0 Å². The highest BCUT2D eigenvalue weighted by atomic mass is 16.5. The first kappa shape index (κ1) is 10.6. The molecule has 3 nitrogen and oxygen atoms in total. The average Bonchev–Trinajstić information content (AvgIpc) is 2.65. The summed E-state index contributed by atoms with van der Waals surface area (Å²) in [4.78, 5) is 4.59. The smallest absolute Gasteiger partial charge is 0.184 e. The summed E-state index contributed by atoms with van der Waals surface area (Å²) in [6.07, 6.45) is 8.22. The summed E-state index contributed by atoms with van der Waals surface area (Å²) in [5, 5.41) is 3.40. The Morgan fingerprint density at radius 3 is 2.69 bits per heavy atom. The molecule has 1 N–H and O–H groups in total. The third-order valence-electron chi connectivity index (χ3n) is 4.33. The Bertz CT molecular complexity index is 267. The van der Waals surface area contributed by atoms with Gasteiger partial charge in [-0.25, -0.2) is 0 Å². The van der Waals surface area contributed by atoms with Crippen molar-refractivity contribution in [1.82, 2.24) is 5.32 Å². The number of hydrogen-bond acceptors (Lipinski definition) is 3. The van der Waals surface area contributed by atoms with E-state index in [9.17, 15) is 0 Å². The number of nitrogens with zero attached hydrogens (tertiary/aromatic N) is 1. The quantitative estimate of drug-likeness (QED) is 0.792. The summed E-state index contributed by atoms with van der Waals surface area (Å²) in [5.41, 5.74) is 0. The van der Waals surface area contributed by atoms with Crippen LogP contribution in [0.3, 0.4) is 0 Å². The molecule has 1 atom stereocenters. The van der Waals surface area contributed by atoms with Crippen LogP contribution < -0.4 is 5.32 Å². The lowest BCUT2D eigenvalue weighted by atomic mass is 9.81. The highest BCUT2D eigenvalue weighted by Gasteiger charge is 2.33. The fraction of sp³-hybridized carbons (Fsp3) is 0.923. The van der Waals surface area contributed by atoms with E-state index in [1.165, 1.54) is 45.2 Å². The number of piperidine rings is 1. The molecule has 3 aliphatic rings. The average molecular weight is 222 g/mol. The van der Waals surface area contributed by atoms with Gasteiger partial charge < -0.3 is 10.1 Å². The largest absolute Gasteiger partial charge is 0.475 e. The van der Waals surface area contributed by atoms with E-state index in [2.05, 4.69) is 10.3 Å². The monoisotopic (exact) mass is 222 g/mol. The predicted molar refractivity (Wildman–Crippen MR) is 64.7 cm³/mol. The Hall–Kier alpha value is -0.570. The number of nitrogens with one attached hydrogen (secondary N) is 1. The highest BCUT2D eigenvalue weighted by molar-refractivity contribution is 5.78. The van der Waals surface area contributed by atoms with E-state index < -0.39 is 0 Å². The summed E-state index contributed by atoms with van der Waals surface area (Å²) < 4.78 is 6.00. The number of hydrogen-bond donors (Lipinski definition) is 1. The van der Waals surface area contributed by atoms with Gasteiger partial charge in [-0.3, -0.25) is 4.99 Å². The van der Waals surface area contributed by atoms with Gasteiger partial charge in [0.2, 0.25) is 0 Å². The Kier molecular flexibility index (Phi) is 3.13. The van der Waals surface area contributed by atoms with Gasteiger partial charge in [0, 0.05) is 6.42 Å². The molecule has 0 spiro atoms. The van der Waals surface area contributed by atoms with Crippen LogP contribution in [0.15, 0.2) is 4.99 Å². The molecule has 1 unspecified atom stereocenters. The van der Waals surface area contributed by atoms with E-state index in [0.717, 1.165) is 30.7 Å². The molecule has 3 heteroatoms. The molecule has 0 radical (unpaired) electrons. The highest BCUT2D eigenvalue weighted by Crippen LogP contribution is 2.34. The van der Waals surface area contributed by atoms with E-state index in [-0.39, 0.29) is 0 Å². The minimum atomic E-state index is 0.436. The van der Waals surface area contributed by atoms with Gasteiger partial charge in [0.05, 0.1) is 6.54 Å². The van der Waals surface area contributed by atoms with Gasteiger partial charge in [-0.2, -0.15) is 0 Å². The first-order valence-electron chi connectivity index (χ1n) is 6.82. The Morgan fingerprint density at radius 2 is 2.00 bits per heavy atom. The van der Waals surface area contributed by atoms with Crippen molar-refractivity contribution in [3.63, 3.8) is 0 Å². The molecule has 90 valence electrons. The lowest BCUT2D eigenvalue weighted by Gasteiger charge is -2.30. The normalized spacial score (nSPS) is 32.0. The molecular formula is C13H22N2O. The summed E-state index contributed by atoms with van der Waals surface area (Å²) in [7, 11) is 0. The van der Waals surface area contributed by atoms with Crippen LogP contribution in [0.1, 0.15) is 38.5 Å². The van der Waals surface area contributed by atoms with Crippen molar-refractivity contribution in [2.24, 2.45) is 16.8 Å². The fourth-order valence-electron chi connectivity index (χ4n) is 2.94. The van der Waals surface area contributed by atoms with Crippen molar-refractivity contribution in [2.75, 3.05) is 19.6 Å². The molecular weight excluding hydrogens is 200 g/mol. The van der Waals surface area contributed by atoms with Crippen molar-refractivity contribution < 1.29 is 4.74 Å². The Morgan fingerprint density at radius 1 is 1.19 bits per heavy atom. The van der Waals surface area contributed by atoms with E-state index in [0.29, 0.717) is 6.10 Å². The van der Waals surface area contributed by atoms with Crippen molar-refractivity contribution in [3.05, 3.63) is 0 Å². The van der Waals surface area contributed by atoms with Crippen LogP contribution in [0.2, 0.25) is 0 Å². The Balaban J connectivity index is 1.45. The maximum atomic E-state index is 6.00. The first-order chi connectivity index (χ1) is 7.92. The molecule has 2 heterocycles. The molecule has 2 fully saturated rings. The predicted octanol–water partition coefficient (Wildman–Crippen LogP) is 1.97. The van der Waals surface area contributed by atoms with Crippen LogP contribution in [0.4, 0.5) is 0 Å². The summed E-state index contributed by atoms with van der Waals surface area (Å²) >= 11 is 0. The van der Waals surface area contributed by atoms with Gasteiger partial charge in [0.1, 0.15) is 6.10 Å². The standard InChI is InChI=1S/C13H22N2O/c1-2-11(3-1)12-9-15-13(16-12)8-10-4-6-14-7-5-10/h10-12,14H,1-9H2. The third kappa shape index (κ3) is 2.24. The van der Waals surface area contributed by atoms with Crippen LogP contribution in [-0.2, 0) is 4.74 Å². The molecule has 3 rings (SSSR count). The zero-order valence-corrected chi connectivity index (χ0v) is 9.95. The molecule has 2 aliphatic heterocycles. The van der Waals surface area contributed by atoms with Gasteiger partial charge in [0.15, 0.2) is 5.90 Å². The number of aliphatic imine (C=N–C) groups is 1. The summed E-state index contributed by atoms with van der Waals surface area (Å²) in [6.45, 7) is 3.28. The molecule has 0 aromatic carbocycles. The number of rotatable bonds is 3. The van der Waals surface area contributed by atoms with Crippen LogP contribution in [0, 0.1) is 11.8 Å². The van der Waals surface area contributed by atoms with E-state index in [1.807, 2.05) is 0 Å². The fourth-order valence-corrected chi connectivity index (χ4v) is 2.94. The molecule has 16 heavy (non-hydrogen) atoms. The SMILES string of the molecule is C1CC(C2CN=C(CC3CCNCC3)O2)C1. The molecule has 0 bridgehead atoms. The van der Waals surface area contributed by atoms with E-state index >= 15 is 0 Å². The summed E-state index contributed by atoms with van der Waals surface area (Å²) in [6, 6.07) is 0. The lowest BCUT2D eigenvalue weighted by Crippen LogP contribution is -2.31. The third-order valence-corrected chi connectivity index (χ3v) is 4.33. The topological polar surface area (TPSA) is 33.6 Å². The molecule has 0 aromatic rings. The second-order valence-electron chi connectivity index (χ2n) is 5.48. The number of ether oxygens (including phenoxy) is 1. The van der Waals surface area contributed by atoms with Crippen LogP contribution in [0.5, 0.6) is 0 Å². The van der Waals surface area contributed by atoms with Gasteiger partial charge >= 0.3 is 0 Å². The zero-order chi connectivity index (χ0) is 10.8. The maximum Gasteiger partial charge on any atom is 0.184 e. The first-order valence-corrected chi connectivity index (χ1v) is 6.82. The second-order valence-corrected chi connectivity index (χ2v) is 5.48. The van der Waals surface area contributed by atoms with E-state index in [1.54, 1.807) is 0 Å². The van der Waals surface area contributed by atoms with Crippen LogP contribution >= 0.6 is 0 Å². The molecule has 1 saturated carbocycles. The second kappa shape index (κ2) is 4.74.